The summed E-state index contributed by atoms with van der Waals surface area (Å²) < 4.78 is 29.3. The molecule has 0 saturated heterocycles. The minimum atomic E-state index is -3.57. The van der Waals surface area contributed by atoms with Crippen LogP contribution >= 0.6 is 0 Å². The van der Waals surface area contributed by atoms with E-state index in [1.54, 1.807) is 24.3 Å². The van der Waals surface area contributed by atoms with Gasteiger partial charge in [0.15, 0.2) is 9.84 Å². The molecule has 0 heterocycles. The van der Waals surface area contributed by atoms with Gasteiger partial charge in [0.2, 0.25) is 0 Å². The molecule has 1 aliphatic carbocycles. The summed E-state index contributed by atoms with van der Waals surface area (Å²) in [5.41, 5.74) is -1.07. The van der Waals surface area contributed by atoms with Gasteiger partial charge in [0.05, 0.1) is 19.0 Å². The van der Waals surface area contributed by atoms with Crippen LogP contribution in [-0.2, 0) is 14.6 Å². The van der Waals surface area contributed by atoms with Crippen LogP contribution in [-0.4, -0.2) is 49.3 Å². The van der Waals surface area contributed by atoms with E-state index in [4.69, 9.17) is 4.74 Å². The van der Waals surface area contributed by atoms with Crippen molar-refractivity contribution in [1.29, 1.82) is 0 Å². The van der Waals surface area contributed by atoms with E-state index >= 15 is 0 Å². The highest BCUT2D eigenvalue weighted by Gasteiger charge is 2.75. The van der Waals surface area contributed by atoms with E-state index in [0.717, 1.165) is 0 Å². The molecule has 6 nitrogen and oxygen atoms in total. The third kappa shape index (κ3) is 2.30. The van der Waals surface area contributed by atoms with Crippen molar-refractivity contribution in [2.45, 2.75) is 18.1 Å². The maximum absolute atomic E-state index is 12.1. The third-order valence-electron chi connectivity index (χ3n) is 4.18. The van der Waals surface area contributed by atoms with Gasteiger partial charge in [-0.3, -0.25) is 4.79 Å². The first kappa shape index (κ1) is 15.8. The molecule has 3 atom stereocenters. The SMILES string of the molecule is CCS(=O)(=O)C1C(c2ccc(OC)cc2)C1(CO)C(=O)O. The van der Waals surface area contributed by atoms with E-state index < -0.39 is 39.0 Å². The summed E-state index contributed by atoms with van der Waals surface area (Å²) in [5, 5.41) is 17.8. The van der Waals surface area contributed by atoms with Crippen LogP contribution in [0.2, 0.25) is 0 Å². The smallest absolute Gasteiger partial charge is 0.314 e. The molecule has 0 aromatic heterocycles. The Labute approximate surface area is 123 Å². The summed E-state index contributed by atoms with van der Waals surface area (Å²) in [5.74, 6) is -1.58. The highest BCUT2D eigenvalue weighted by atomic mass is 32.2. The number of aliphatic hydroxyl groups is 1. The van der Waals surface area contributed by atoms with Crippen molar-refractivity contribution in [2.24, 2.45) is 5.41 Å². The Balaban J connectivity index is 2.47. The van der Waals surface area contributed by atoms with Gasteiger partial charge in [0.1, 0.15) is 11.2 Å². The van der Waals surface area contributed by atoms with Gasteiger partial charge in [0.25, 0.3) is 0 Å². The van der Waals surface area contributed by atoms with Crippen LogP contribution in [0.1, 0.15) is 18.4 Å². The number of benzene rings is 1. The molecule has 1 aliphatic rings. The Morgan fingerprint density at radius 1 is 1.33 bits per heavy atom. The normalized spacial score (nSPS) is 28.1. The maximum atomic E-state index is 12.1. The summed E-state index contributed by atoms with van der Waals surface area (Å²) in [6.07, 6.45) is 0. The molecule has 0 radical (unpaired) electrons. The van der Waals surface area contributed by atoms with Crippen LogP contribution in [0.4, 0.5) is 0 Å². The lowest BCUT2D eigenvalue weighted by Gasteiger charge is -2.09. The molecule has 0 bridgehead atoms. The van der Waals surface area contributed by atoms with E-state index in [9.17, 15) is 23.4 Å². The minimum absolute atomic E-state index is 0.153. The highest BCUT2D eigenvalue weighted by molar-refractivity contribution is 7.92. The van der Waals surface area contributed by atoms with Crippen molar-refractivity contribution < 1.29 is 28.2 Å². The molecule has 2 N–H and O–H groups in total. The van der Waals surface area contributed by atoms with Gasteiger partial charge in [-0.1, -0.05) is 19.1 Å². The zero-order valence-corrected chi connectivity index (χ0v) is 12.6. The third-order valence-corrected chi connectivity index (χ3v) is 6.45. The zero-order chi connectivity index (χ0) is 15.8. The zero-order valence-electron chi connectivity index (χ0n) is 11.8. The van der Waals surface area contributed by atoms with Crippen molar-refractivity contribution in [1.82, 2.24) is 0 Å². The molecular formula is C14H18O6S. The number of carboxylic acids is 1. The number of carbonyl (C=O) groups is 1. The monoisotopic (exact) mass is 314 g/mol. The second kappa shape index (κ2) is 5.31. The Kier molecular flexibility index (Phi) is 3.99. The van der Waals surface area contributed by atoms with Crippen molar-refractivity contribution in [3.63, 3.8) is 0 Å². The highest BCUT2D eigenvalue weighted by Crippen LogP contribution is 2.63. The summed E-state index contributed by atoms with van der Waals surface area (Å²) in [6, 6.07) is 6.57. The fourth-order valence-corrected chi connectivity index (χ4v) is 4.96. The summed E-state index contributed by atoms with van der Waals surface area (Å²) in [4.78, 5) is 11.5. The standard InChI is InChI=1S/C14H18O6S/c1-3-21(18,19)12-11(14(12,8-15)13(16)17)9-4-6-10(20-2)7-5-9/h4-7,11-12,15H,3,8H2,1-2H3,(H,16,17). The number of aliphatic hydroxyl groups excluding tert-OH is 1. The van der Waals surface area contributed by atoms with Crippen LogP contribution in [0.15, 0.2) is 24.3 Å². The second-order valence-electron chi connectivity index (χ2n) is 5.13. The van der Waals surface area contributed by atoms with Crippen LogP contribution in [0.5, 0.6) is 5.75 Å². The molecule has 0 amide bonds. The molecule has 0 aliphatic heterocycles. The van der Waals surface area contributed by atoms with Crippen molar-refractivity contribution in [3.05, 3.63) is 29.8 Å². The fourth-order valence-electron chi connectivity index (χ4n) is 2.91. The summed E-state index contributed by atoms with van der Waals surface area (Å²) >= 11 is 0. The van der Waals surface area contributed by atoms with Crippen molar-refractivity contribution in [2.75, 3.05) is 19.5 Å². The topological polar surface area (TPSA) is 101 Å². The lowest BCUT2D eigenvalue weighted by molar-refractivity contribution is -0.145. The number of rotatable bonds is 6. The van der Waals surface area contributed by atoms with Crippen molar-refractivity contribution in [3.8, 4) is 5.75 Å². The average molecular weight is 314 g/mol. The van der Waals surface area contributed by atoms with E-state index in [0.29, 0.717) is 11.3 Å². The Hall–Kier alpha value is -1.60. The number of carboxylic acid groups (broad SMARTS) is 1. The van der Waals surface area contributed by atoms with Gasteiger partial charge in [0, 0.05) is 11.7 Å². The van der Waals surface area contributed by atoms with Gasteiger partial charge in [-0.15, -0.1) is 0 Å². The first-order valence-corrected chi connectivity index (χ1v) is 8.26. The molecule has 1 saturated carbocycles. The van der Waals surface area contributed by atoms with Gasteiger partial charge in [-0.2, -0.15) is 0 Å². The van der Waals surface area contributed by atoms with Crippen LogP contribution in [0.25, 0.3) is 0 Å². The average Bonchev–Trinajstić information content (AvgIpc) is 3.19. The number of ether oxygens (including phenoxy) is 1. The molecule has 1 aromatic carbocycles. The molecule has 21 heavy (non-hydrogen) atoms. The molecule has 3 unspecified atom stereocenters. The predicted molar refractivity (Wildman–Crippen MR) is 76.1 cm³/mol. The molecule has 2 rings (SSSR count). The largest absolute Gasteiger partial charge is 0.497 e. The van der Waals surface area contributed by atoms with Gasteiger partial charge < -0.3 is 14.9 Å². The first-order chi connectivity index (χ1) is 9.85. The minimum Gasteiger partial charge on any atom is -0.497 e. The Bertz CT molecular complexity index is 636. The van der Waals surface area contributed by atoms with Crippen LogP contribution in [0, 0.1) is 5.41 Å². The number of hydrogen-bond donors (Lipinski definition) is 2. The molecule has 1 fully saturated rings. The molecular weight excluding hydrogens is 296 g/mol. The molecule has 0 spiro atoms. The number of sulfone groups is 1. The van der Waals surface area contributed by atoms with E-state index in [1.165, 1.54) is 14.0 Å². The van der Waals surface area contributed by atoms with E-state index in [-0.39, 0.29) is 5.75 Å². The second-order valence-corrected chi connectivity index (χ2v) is 7.54. The molecule has 116 valence electrons. The van der Waals surface area contributed by atoms with Gasteiger partial charge in [-0.25, -0.2) is 8.42 Å². The molecule has 1 aromatic rings. The van der Waals surface area contributed by atoms with Crippen molar-refractivity contribution >= 4 is 15.8 Å². The number of methoxy groups -OCH3 is 1. The Morgan fingerprint density at radius 2 is 1.90 bits per heavy atom. The lowest BCUT2D eigenvalue weighted by Crippen LogP contribution is -2.28. The number of hydrogen-bond acceptors (Lipinski definition) is 5. The van der Waals surface area contributed by atoms with Crippen LogP contribution < -0.4 is 4.74 Å². The van der Waals surface area contributed by atoms with Gasteiger partial charge >= 0.3 is 5.97 Å². The lowest BCUT2D eigenvalue weighted by atomic mass is 10.00. The maximum Gasteiger partial charge on any atom is 0.314 e. The predicted octanol–water partition coefficient (Wildman–Crippen LogP) is 0.659. The summed E-state index contributed by atoms with van der Waals surface area (Å²) in [7, 11) is -2.07. The van der Waals surface area contributed by atoms with E-state index in [2.05, 4.69) is 0 Å². The molecule has 7 heteroatoms. The first-order valence-electron chi connectivity index (χ1n) is 6.55. The Morgan fingerprint density at radius 3 is 2.29 bits per heavy atom. The summed E-state index contributed by atoms with van der Waals surface area (Å²) in [6.45, 7) is 0.769. The fraction of sp³-hybridized carbons (Fsp3) is 0.500. The quantitative estimate of drug-likeness (QED) is 0.800. The van der Waals surface area contributed by atoms with Crippen LogP contribution in [0.3, 0.4) is 0 Å². The van der Waals surface area contributed by atoms with Gasteiger partial charge in [-0.05, 0) is 17.7 Å². The van der Waals surface area contributed by atoms with E-state index in [1.807, 2.05) is 0 Å². The number of aliphatic carboxylic acids is 1.